The minimum Gasteiger partial charge on any atom is -0.314 e. The molecule has 0 aliphatic carbocycles. The molecule has 0 amide bonds. The van der Waals surface area contributed by atoms with Crippen LogP contribution in [-0.4, -0.2) is 27.8 Å². The average Bonchev–Trinajstić information content (AvgIpc) is 2.63. The molecular weight excluding hydrogens is 188 g/mol. The summed E-state index contributed by atoms with van der Waals surface area (Å²) in [4.78, 5) is 4.27. The van der Waals surface area contributed by atoms with Crippen molar-refractivity contribution in [3.05, 3.63) is 11.6 Å². The van der Waals surface area contributed by atoms with Crippen molar-refractivity contribution < 1.29 is 0 Å². The molecule has 15 heavy (non-hydrogen) atoms. The Labute approximate surface area is 91.9 Å². The van der Waals surface area contributed by atoms with Gasteiger partial charge in [-0.05, 0) is 19.8 Å². The van der Waals surface area contributed by atoms with E-state index < -0.39 is 0 Å². The summed E-state index contributed by atoms with van der Waals surface area (Å²) in [5, 5.41) is 10.5. The van der Waals surface area contributed by atoms with Gasteiger partial charge in [-0.3, -0.25) is 5.10 Å². The molecule has 1 aromatic rings. The highest BCUT2D eigenvalue weighted by molar-refractivity contribution is 4.88. The third-order valence-electron chi connectivity index (χ3n) is 2.56. The molecule has 0 bridgehead atoms. The van der Waals surface area contributed by atoms with Gasteiger partial charge in [0.1, 0.15) is 5.82 Å². The molecule has 2 N–H and O–H groups in total. The fourth-order valence-corrected chi connectivity index (χ4v) is 1.69. The summed E-state index contributed by atoms with van der Waals surface area (Å²) in [5.74, 6) is 1.80. The summed E-state index contributed by atoms with van der Waals surface area (Å²) >= 11 is 0. The minimum absolute atomic E-state index is 0.648. The summed E-state index contributed by atoms with van der Waals surface area (Å²) in [6, 6.07) is 0.648. The lowest BCUT2D eigenvalue weighted by Gasteiger charge is -2.14. The maximum absolute atomic E-state index is 4.27. The van der Waals surface area contributed by atoms with Crippen molar-refractivity contribution in [2.24, 2.45) is 0 Å². The van der Waals surface area contributed by atoms with Gasteiger partial charge in [0.2, 0.25) is 0 Å². The third kappa shape index (κ3) is 4.42. The Morgan fingerprint density at radius 2 is 2.20 bits per heavy atom. The molecule has 0 radical (unpaired) electrons. The van der Waals surface area contributed by atoms with Crippen LogP contribution in [0.1, 0.15) is 44.8 Å². The molecule has 0 aliphatic heterocycles. The number of hydrogen-bond donors (Lipinski definition) is 2. The van der Waals surface area contributed by atoms with Crippen molar-refractivity contribution in [3.8, 4) is 0 Å². The Morgan fingerprint density at radius 3 is 2.73 bits per heavy atom. The van der Waals surface area contributed by atoms with Gasteiger partial charge in [0.25, 0.3) is 0 Å². The van der Waals surface area contributed by atoms with Crippen molar-refractivity contribution in [1.29, 1.82) is 0 Å². The number of aromatic amines is 1. The lowest BCUT2D eigenvalue weighted by molar-refractivity contribution is 0.464. The van der Waals surface area contributed by atoms with E-state index in [0.717, 1.165) is 24.6 Å². The summed E-state index contributed by atoms with van der Waals surface area (Å²) in [5.41, 5.74) is 0. The van der Waals surface area contributed by atoms with Crippen molar-refractivity contribution >= 4 is 0 Å². The molecule has 1 unspecified atom stereocenters. The predicted octanol–water partition coefficient (Wildman–Crippen LogP) is 1.82. The van der Waals surface area contributed by atoms with E-state index in [1.807, 2.05) is 6.92 Å². The lowest BCUT2D eigenvalue weighted by atomic mass is 10.1. The molecule has 0 spiro atoms. The number of aryl methyl sites for hydroxylation is 1. The van der Waals surface area contributed by atoms with Crippen LogP contribution >= 0.6 is 0 Å². The number of nitrogens with zero attached hydrogens (tertiary/aromatic N) is 2. The molecule has 1 heterocycles. The molecule has 0 aromatic carbocycles. The van der Waals surface area contributed by atoms with Crippen LogP contribution in [0.2, 0.25) is 0 Å². The molecule has 4 nitrogen and oxygen atoms in total. The maximum atomic E-state index is 4.27. The second-order valence-electron chi connectivity index (χ2n) is 3.94. The summed E-state index contributed by atoms with van der Waals surface area (Å²) < 4.78 is 0. The first-order valence-electron chi connectivity index (χ1n) is 5.87. The van der Waals surface area contributed by atoms with Crippen LogP contribution < -0.4 is 5.32 Å². The fraction of sp³-hybridized carbons (Fsp3) is 0.818. The van der Waals surface area contributed by atoms with Gasteiger partial charge in [0, 0.05) is 19.0 Å². The van der Waals surface area contributed by atoms with Crippen LogP contribution in [0.15, 0.2) is 0 Å². The molecule has 1 rings (SSSR count). The zero-order valence-corrected chi connectivity index (χ0v) is 10.0. The van der Waals surface area contributed by atoms with E-state index in [0.29, 0.717) is 6.04 Å². The van der Waals surface area contributed by atoms with Crippen LogP contribution in [0.4, 0.5) is 0 Å². The highest BCUT2D eigenvalue weighted by atomic mass is 15.2. The van der Waals surface area contributed by atoms with E-state index in [1.165, 1.54) is 19.3 Å². The largest absolute Gasteiger partial charge is 0.314 e. The van der Waals surface area contributed by atoms with E-state index in [2.05, 4.69) is 34.3 Å². The topological polar surface area (TPSA) is 53.6 Å². The zero-order chi connectivity index (χ0) is 11.1. The number of aromatic nitrogens is 3. The summed E-state index contributed by atoms with van der Waals surface area (Å²) in [6.07, 6.45) is 4.60. The molecule has 1 aromatic heterocycles. The molecule has 86 valence electrons. The molecule has 0 saturated carbocycles. The van der Waals surface area contributed by atoms with Crippen LogP contribution in [0.25, 0.3) is 0 Å². The van der Waals surface area contributed by atoms with Crippen LogP contribution in [-0.2, 0) is 6.42 Å². The van der Waals surface area contributed by atoms with Crippen LogP contribution in [0.3, 0.4) is 0 Å². The van der Waals surface area contributed by atoms with Gasteiger partial charge in [-0.15, -0.1) is 0 Å². The second kappa shape index (κ2) is 6.56. The quantitative estimate of drug-likeness (QED) is 0.722. The molecule has 0 saturated heterocycles. The third-order valence-corrected chi connectivity index (χ3v) is 2.56. The van der Waals surface area contributed by atoms with Crippen LogP contribution in [0.5, 0.6) is 0 Å². The minimum atomic E-state index is 0.648. The first-order valence-corrected chi connectivity index (χ1v) is 5.87. The summed E-state index contributed by atoms with van der Waals surface area (Å²) in [6.45, 7) is 7.35. The van der Waals surface area contributed by atoms with Gasteiger partial charge in [0.15, 0.2) is 5.82 Å². The van der Waals surface area contributed by atoms with Crippen molar-refractivity contribution in [3.63, 3.8) is 0 Å². The van der Waals surface area contributed by atoms with E-state index in [9.17, 15) is 0 Å². The van der Waals surface area contributed by atoms with E-state index in [1.54, 1.807) is 0 Å². The lowest BCUT2D eigenvalue weighted by Crippen LogP contribution is -2.30. The van der Waals surface area contributed by atoms with Gasteiger partial charge in [-0.1, -0.05) is 20.3 Å². The Hall–Kier alpha value is -0.900. The highest BCUT2D eigenvalue weighted by Gasteiger charge is 2.04. The second-order valence-corrected chi connectivity index (χ2v) is 3.94. The Kier molecular flexibility index (Phi) is 5.32. The standard InChI is InChI=1S/C11H22N4/c1-4-6-10(5-2)12-8-7-11-13-9(3)14-15-11/h10,12H,4-8H2,1-3H3,(H,13,14,15). The van der Waals surface area contributed by atoms with Gasteiger partial charge in [-0.25, -0.2) is 4.98 Å². The first kappa shape index (κ1) is 12.2. The number of H-pyrrole nitrogens is 1. The first-order chi connectivity index (χ1) is 7.26. The summed E-state index contributed by atoms with van der Waals surface area (Å²) in [7, 11) is 0. The van der Waals surface area contributed by atoms with Crippen molar-refractivity contribution in [2.45, 2.75) is 52.5 Å². The Balaban J connectivity index is 2.20. The van der Waals surface area contributed by atoms with Gasteiger partial charge in [0.05, 0.1) is 0 Å². The number of hydrogen-bond acceptors (Lipinski definition) is 3. The molecule has 4 heteroatoms. The van der Waals surface area contributed by atoms with Gasteiger partial charge in [-0.2, -0.15) is 5.10 Å². The number of nitrogens with one attached hydrogen (secondary N) is 2. The van der Waals surface area contributed by atoms with Crippen molar-refractivity contribution in [1.82, 2.24) is 20.5 Å². The van der Waals surface area contributed by atoms with Gasteiger partial charge < -0.3 is 5.32 Å². The van der Waals surface area contributed by atoms with Crippen molar-refractivity contribution in [2.75, 3.05) is 6.54 Å². The number of rotatable bonds is 7. The molecule has 0 fully saturated rings. The molecular formula is C11H22N4. The highest BCUT2D eigenvalue weighted by Crippen LogP contribution is 2.00. The van der Waals surface area contributed by atoms with E-state index in [-0.39, 0.29) is 0 Å². The molecule has 0 aliphatic rings. The predicted molar refractivity (Wildman–Crippen MR) is 61.8 cm³/mol. The van der Waals surface area contributed by atoms with Crippen LogP contribution in [0, 0.1) is 6.92 Å². The SMILES string of the molecule is CCCC(CC)NCCc1n[nH]c(C)n1. The Morgan fingerprint density at radius 1 is 1.40 bits per heavy atom. The fourth-order valence-electron chi connectivity index (χ4n) is 1.69. The Bertz CT molecular complexity index is 269. The smallest absolute Gasteiger partial charge is 0.151 e. The normalized spacial score (nSPS) is 13.0. The maximum Gasteiger partial charge on any atom is 0.151 e. The van der Waals surface area contributed by atoms with Gasteiger partial charge >= 0.3 is 0 Å². The monoisotopic (exact) mass is 210 g/mol. The van der Waals surface area contributed by atoms with E-state index >= 15 is 0 Å². The van der Waals surface area contributed by atoms with E-state index in [4.69, 9.17) is 0 Å². The average molecular weight is 210 g/mol. The zero-order valence-electron chi connectivity index (χ0n) is 10.0. The molecule has 1 atom stereocenters.